The zero-order valence-electron chi connectivity index (χ0n) is 17.5. The number of rotatable bonds is 5. The molecule has 0 aromatic carbocycles. The Labute approximate surface area is 181 Å². The number of alkyl halides is 3. The van der Waals surface area contributed by atoms with Crippen molar-refractivity contribution in [2.24, 2.45) is 17.8 Å². The van der Waals surface area contributed by atoms with Gasteiger partial charge in [-0.05, 0) is 50.4 Å². The smallest absolute Gasteiger partial charge is 0.304 e. The first kappa shape index (κ1) is 23.3. The molecule has 6 atom stereocenters. The molecule has 0 bridgehead atoms. The van der Waals surface area contributed by atoms with Gasteiger partial charge in [0.1, 0.15) is 6.17 Å². The Bertz CT molecular complexity index is 778. The highest BCUT2D eigenvalue weighted by atomic mass is 32.2. The second kappa shape index (κ2) is 8.79. The van der Waals surface area contributed by atoms with Crippen molar-refractivity contribution >= 4 is 16.1 Å². The maximum absolute atomic E-state index is 15.5. The fourth-order valence-corrected chi connectivity index (χ4v) is 7.41. The lowest BCUT2D eigenvalue weighted by molar-refractivity contribution is -0.119. The minimum absolute atomic E-state index is 0.132. The van der Waals surface area contributed by atoms with E-state index in [0.717, 1.165) is 23.6 Å². The number of carbonyl (C=O) groups is 1. The maximum Gasteiger partial charge on any atom is 0.304 e. The summed E-state index contributed by atoms with van der Waals surface area (Å²) in [6, 6.07) is -1.62. The number of carbonyl (C=O) groups excluding carboxylic acids is 1. The third kappa shape index (κ3) is 4.74. The summed E-state index contributed by atoms with van der Waals surface area (Å²) < 4.78 is 71.7. The molecule has 11 heteroatoms. The number of aliphatic hydroxyl groups is 1. The highest BCUT2D eigenvalue weighted by Crippen LogP contribution is 2.45. The first-order chi connectivity index (χ1) is 14.6. The van der Waals surface area contributed by atoms with Crippen molar-refractivity contribution in [1.82, 2.24) is 14.3 Å². The summed E-state index contributed by atoms with van der Waals surface area (Å²) in [4.78, 5) is 11.6. The number of hydrogen-bond acceptors (Lipinski definition) is 5. The van der Waals surface area contributed by atoms with Gasteiger partial charge >= 0.3 is 10.2 Å². The van der Waals surface area contributed by atoms with Crippen LogP contribution in [0.2, 0.25) is 0 Å². The third-order valence-corrected chi connectivity index (χ3v) is 9.21. The van der Waals surface area contributed by atoms with E-state index >= 15 is 4.39 Å². The maximum atomic E-state index is 15.5. The predicted octanol–water partition coefficient (Wildman–Crippen LogP) is 1.72. The minimum Gasteiger partial charge on any atom is -0.391 e. The predicted molar refractivity (Wildman–Crippen MR) is 107 cm³/mol. The molecule has 1 saturated heterocycles. The van der Waals surface area contributed by atoms with Gasteiger partial charge in [-0.2, -0.15) is 12.7 Å². The zero-order valence-corrected chi connectivity index (χ0v) is 18.3. The van der Waals surface area contributed by atoms with Crippen LogP contribution >= 0.6 is 0 Å². The lowest BCUT2D eigenvalue weighted by Gasteiger charge is -2.48. The Morgan fingerprint density at radius 3 is 2.48 bits per heavy atom. The van der Waals surface area contributed by atoms with Gasteiger partial charge in [-0.25, -0.2) is 17.9 Å². The van der Waals surface area contributed by atoms with E-state index in [9.17, 15) is 27.1 Å². The molecule has 1 heterocycles. The molecule has 3 N–H and O–H groups in total. The van der Waals surface area contributed by atoms with E-state index in [-0.39, 0.29) is 18.4 Å². The summed E-state index contributed by atoms with van der Waals surface area (Å²) in [6.45, 7) is -0.946. The number of aliphatic hydroxyl groups excluding tert-OH is 1. The average molecular weight is 468 g/mol. The molecule has 31 heavy (non-hydrogen) atoms. The van der Waals surface area contributed by atoms with Crippen LogP contribution in [-0.4, -0.2) is 67.1 Å². The molecule has 7 nitrogen and oxygen atoms in total. The second-order valence-electron chi connectivity index (χ2n) is 9.72. The van der Waals surface area contributed by atoms with Gasteiger partial charge in [-0.15, -0.1) is 0 Å². The van der Waals surface area contributed by atoms with Crippen molar-refractivity contribution in [2.45, 2.75) is 88.1 Å². The van der Waals surface area contributed by atoms with Crippen LogP contribution < -0.4 is 10.0 Å². The van der Waals surface area contributed by atoms with Gasteiger partial charge in [0.25, 0.3) is 5.92 Å². The van der Waals surface area contributed by atoms with Crippen molar-refractivity contribution in [1.29, 1.82) is 0 Å². The van der Waals surface area contributed by atoms with Crippen LogP contribution in [0.3, 0.4) is 0 Å². The molecular formula is C20H32F3N3O4S. The van der Waals surface area contributed by atoms with E-state index in [0.29, 0.717) is 32.1 Å². The third-order valence-electron chi connectivity index (χ3n) is 7.73. The van der Waals surface area contributed by atoms with E-state index in [1.807, 2.05) is 4.72 Å². The minimum atomic E-state index is -4.18. The summed E-state index contributed by atoms with van der Waals surface area (Å²) >= 11 is 0. The van der Waals surface area contributed by atoms with E-state index in [1.54, 1.807) is 0 Å². The van der Waals surface area contributed by atoms with Gasteiger partial charge in [-0.3, -0.25) is 4.79 Å². The first-order valence-electron chi connectivity index (χ1n) is 11.3. The largest absolute Gasteiger partial charge is 0.391 e. The molecule has 178 valence electrons. The standard InChI is InChI=1S/C20H32F3N3O4S/c21-18-15-9-14(24-11-20(22,23)13-4-2-1-3-5-13)7-6-12(15)8-16(27)19(18)26-10-17(28)25-31(26,29)30/h12-16,18-19,24,27H,1-11H2,(H,25,28). The lowest BCUT2D eigenvalue weighted by atomic mass is 9.66. The number of halogens is 3. The highest BCUT2D eigenvalue weighted by Gasteiger charge is 2.54. The summed E-state index contributed by atoms with van der Waals surface area (Å²) in [7, 11) is -4.18. The number of nitrogens with zero attached hydrogens (tertiary/aromatic N) is 1. The molecule has 0 spiro atoms. The monoisotopic (exact) mass is 467 g/mol. The van der Waals surface area contributed by atoms with E-state index < -0.39 is 65.3 Å². The summed E-state index contributed by atoms with van der Waals surface area (Å²) in [6.07, 6.45) is 2.62. The number of amides is 1. The van der Waals surface area contributed by atoms with E-state index in [1.165, 1.54) is 0 Å². The van der Waals surface area contributed by atoms with Gasteiger partial charge < -0.3 is 10.4 Å². The van der Waals surface area contributed by atoms with Crippen LogP contribution in [-0.2, 0) is 15.0 Å². The van der Waals surface area contributed by atoms with Gasteiger partial charge in [0.05, 0.1) is 25.2 Å². The number of hydrogen-bond donors (Lipinski definition) is 3. The topological polar surface area (TPSA) is 98.7 Å². The second-order valence-corrected chi connectivity index (χ2v) is 11.3. The zero-order chi connectivity index (χ0) is 22.4. The summed E-state index contributed by atoms with van der Waals surface area (Å²) in [5.74, 6) is -4.85. The Hall–Kier alpha value is -0.910. The summed E-state index contributed by atoms with van der Waals surface area (Å²) in [5, 5.41) is 13.4. The fraction of sp³-hybridized carbons (Fsp3) is 0.950. The Morgan fingerprint density at radius 2 is 1.84 bits per heavy atom. The molecule has 1 amide bonds. The van der Waals surface area contributed by atoms with Crippen molar-refractivity contribution < 1.29 is 31.5 Å². The van der Waals surface area contributed by atoms with Crippen LogP contribution in [0.25, 0.3) is 0 Å². The Balaban J connectivity index is 1.39. The van der Waals surface area contributed by atoms with Crippen molar-refractivity contribution in [3.05, 3.63) is 0 Å². The average Bonchev–Trinajstić information content (AvgIpc) is 2.99. The van der Waals surface area contributed by atoms with Crippen LogP contribution in [0.5, 0.6) is 0 Å². The Kier molecular flexibility index (Phi) is 6.60. The van der Waals surface area contributed by atoms with Gasteiger partial charge in [0, 0.05) is 12.0 Å². The van der Waals surface area contributed by atoms with Gasteiger partial charge in [0.15, 0.2) is 0 Å². The molecule has 0 radical (unpaired) electrons. The van der Waals surface area contributed by atoms with Gasteiger partial charge in [-0.1, -0.05) is 19.3 Å². The van der Waals surface area contributed by atoms with E-state index in [2.05, 4.69) is 5.32 Å². The van der Waals surface area contributed by atoms with Crippen LogP contribution in [0.1, 0.15) is 57.8 Å². The molecule has 0 aromatic heterocycles. The molecule has 6 unspecified atom stereocenters. The van der Waals surface area contributed by atoms with Crippen LogP contribution in [0.15, 0.2) is 0 Å². The quantitative estimate of drug-likeness (QED) is 0.572. The molecule has 3 aliphatic carbocycles. The van der Waals surface area contributed by atoms with E-state index in [4.69, 9.17) is 0 Å². The van der Waals surface area contributed by atoms with Crippen LogP contribution in [0, 0.1) is 17.8 Å². The summed E-state index contributed by atoms with van der Waals surface area (Å²) in [5.41, 5.74) is 0. The SMILES string of the molecule is O=C1CN(C2C(O)CC3CCC(NCC(F)(F)C4CCCCC4)CC3C2F)S(=O)(=O)N1. The highest BCUT2D eigenvalue weighted by molar-refractivity contribution is 7.88. The molecule has 0 aromatic rings. The molecule has 4 rings (SSSR count). The fourth-order valence-electron chi connectivity index (χ4n) is 6.08. The molecule has 1 aliphatic heterocycles. The number of fused-ring (bicyclic) bond motifs is 1. The lowest BCUT2D eigenvalue weighted by Crippen LogP contribution is -2.60. The van der Waals surface area contributed by atoms with Crippen molar-refractivity contribution in [2.75, 3.05) is 13.1 Å². The van der Waals surface area contributed by atoms with Gasteiger partial charge in [0.2, 0.25) is 5.91 Å². The van der Waals surface area contributed by atoms with Crippen molar-refractivity contribution in [3.8, 4) is 0 Å². The Morgan fingerprint density at radius 1 is 1.13 bits per heavy atom. The van der Waals surface area contributed by atoms with Crippen LogP contribution in [0.4, 0.5) is 13.2 Å². The molecular weight excluding hydrogens is 435 g/mol. The van der Waals surface area contributed by atoms with Crippen molar-refractivity contribution in [3.63, 3.8) is 0 Å². The number of nitrogens with one attached hydrogen (secondary N) is 2. The molecule has 3 saturated carbocycles. The molecule has 4 fully saturated rings. The molecule has 4 aliphatic rings. The normalized spacial score (nSPS) is 39.8. The first-order valence-corrected chi connectivity index (χ1v) is 12.8.